The summed E-state index contributed by atoms with van der Waals surface area (Å²) >= 11 is 3.09. The summed E-state index contributed by atoms with van der Waals surface area (Å²) in [6, 6.07) is -0.191. The molecule has 2 N–H and O–H groups in total. The average Bonchev–Trinajstić information content (AvgIpc) is 2.85. The van der Waals surface area contributed by atoms with Gasteiger partial charge >= 0.3 is 6.18 Å². The minimum atomic E-state index is -4.40. The molecule has 1 aromatic rings. The zero-order valence-electron chi connectivity index (χ0n) is 11.5. The summed E-state index contributed by atoms with van der Waals surface area (Å²) in [6.45, 7) is 1.10. The average molecular weight is 407 g/mol. The van der Waals surface area contributed by atoms with E-state index in [1.54, 1.807) is 0 Å². The molecule has 0 saturated carbocycles. The maximum absolute atomic E-state index is 13.1. The van der Waals surface area contributed by atoms with E-state index in [0.29, 0.717) is 30.7 Å². The molecule has 1 atom stereocenters. The number of nitrogens with one attached hydrogen (secondary N) is 2. The van der Waals surface area contributed by atoms with E-state index in [2.05, 4.69) is 26.6 Å². The van der Waals surface area contributed by atoms with Crippen LogP contribution in [0.5, 0.6) is 0 Å². The van der Waals surface area contributed by atoms with Crippen LogP contribution in [-0.4, -0.2) is 55.7 Å². The first-order valence-electron chi connectivity index (χ1n) is 6.42. The maximum Gasteiger partial charge on any atom is 0.405 e. The van der Waals surface area contributed by atoms with Gasteiger partial charge in [0.1, 0.15) is 6.04 Å². The Kier molecular flexibility index (Phi) is 7.17. The van der Waals surface area contributed by atoms with Crippen molar-refractivity contribution in [3.63, 3.8) is 0 Å². The fraction of sp³-hybridized carbons (Fsp3) is 0.583. The van der Waals surface area contributed by atoms with Gasteiger partial charge in [0.15, 0.2) is 0 Å². The summed E-state index contributed by atoms with van der Waals surface area (Å²) in [5.74, 6) is -0.701. The normalized spacial score (nSPS) is 17.6. The van der Waals surface area contributed by atoms with Crippen molar-refractivity contribution in [2.24, 2.45) is 0 Å². The van der Waals surface area contributed by atoms with Crippen LogP contribution in [0, 0.1) is 0 Å². The molecular formula is C12H16BrClF3N3O2. The van der Waals surface area contributed by atoms with Crippen LogP contribution in [0.3, 0.4) is 0 Å². The lowest BCUT2D eigenvalue weighted by atomic mass is 10.2. The second-order valence-electron chi connectivity index (χ2n) is 4.65. The van der Waals surface area contributed by atoms with Crippen molar-refractivity contribution < 1.29 is 22.4 Å². The summed E-state index contributed by atoms with van der Waals surface area (Å²) in [5, 5.41) is 5.28. The van der Waals surface area contributed by atoms with Crippen molar-refractivity contribution in [1.29, 1.82) is 0 Å². The molecule has 1 fully saturated rings. The number of rotatable bonds is 4. The second-order valence-corrected chi connectivity index (χ2v) is 5.51. The number of halogens is 5. The SMILES string of the molecule is Cl.O=C(NCC(N1CCNCC1)C(F)(F)F)c1occc1Br. The molecule has 126 valence electrons. The predicted molar refractivity (Wildman–Crippen MR) is 80.3 cm³/mol. The number of piperazine rings is 1. The minimum absolute atomic E-state index is 0. The quantitative estimate of drug-likeness (QED) is 0.803. The van der Waals surface area contributed by atoms with Crippen LogP contribution in [0.2, 0.25) is 0 Å². The van der Waals surface area contributed by atoms with Gasteiger partial charge in [0, 0.05) is 32.7 Å². The molecule has 1 aromatic heterocycles. The van der Waals surface area contributed by atoms with Gasteiger partial charge in [-0.05, 0) is 22.0 Å². The molecule has 1 aliphatic heterocycles. The first-order chi connectivity index (χ1) is 9.89. The van der Waals surface area contributed by atoms with Crippen molar-refractivity contribution in [2.75, 3.05) is 32.7 Å². The lowest BCUT2D eigenvalue weighted by Crippen LogP contribution is -2.57. The lowest BCUT2D eigenvalue weighted by molar-refractivity contribution is -0.183. The van der Waals surface area contributed by atoms with Crippen molar-refractivity contribution in [1.82, 2.24) is 15.5 Å². The number of hydrogen-bond acceptors (Lipinski definition) is 4. The van der Waals surface area contributed by atoms with E-state index < -0.39 is 24.7 Å². The highest BCUT2D eigenvalue weighted by molar-refractivity contribution is 9.10. The summed E-state index contributed by atoms with van der Waals surface area (Å²) in [6.07, 6.45) is -3.11. The predicted octanol–water partition coefficient (Wildman–Crippen LogP) is 2.03. The molecule has 1 saturated heterocycles. The summed E-state index contributed by atoms with van der Waals surface area (Å²) in [7, 11) is 0. The number of nitrogens with zero attached hydrogens (tertiary/aromatic N) is 1. The number of carbonyl (C=O) groups excluding carboxylic acids is 1. The number of alkyl halides is 3. The molecule has 10 heteroatoms. The molecule has 1 amide bonds. The monoisotopic (exact) mass is 405 g/mol. The Morgan fingerprint density at radius 2 is 2.09 bits per heavy atom. The third-order valence-corrected chi connectivity index (χ3v) is 3.87. The molecule has 22 heavy (non-hydrogen) atoms. The Balaban J connectivity index is 0.00000242. The third-order valence-electron chi connectivity index (χ3n) is 3.25. The number of amides is 1. The van der Waals surface area contributed by atoms with Crippen LogP contribution in [0.25, 0.3) is 0 Å². The Bertz CT molecular complexity index is 492. The van der Waals surface area contributed by atoms with Crippen LogP contribution in [0.15, 0.2) is 21.2 Å². The van der Waals surface area contributed by atoms with Crippen molar-refractivity contribution >= 4 is 34.2 Å². The van der Waals surface area contributed by atoms with Crippen molar-refractivity contribution in [3.05, 3.63) is 22.6 Å². The molecule has 0 bridgehead atoms. The molecule has 0 aliphatic carbocycles. The maximum atomic E-state index is 13.1. The largest absolute Gasteiger partial charge is 0.458 e. The van der Waals surface area contributed by atoms with Crippen molar-refractivity contribution in [2.45, 2.75) is 12.2 Å². The van der Waals surface area contributed by atoms with Gasteiger partial charge < -0.3 is 15.1 Å². The van der Waals surface area contributed by atoms with Gasteiger partial charge in [-0.25, -0.2) is 0 Å². The van der Waals surface area contributed by atoms with Gasteiger partial charge in [0.2, 0.25) is 5.76 Å². The highest BCUT2D eigenvalue weighted by atomic mass is 79.9. The van der Waals surface area contributed by atoms with Crippen LogP contribution >= 0.6 is 28.3 Å². The summed E-state index contributed by atoms with van der Waals surface area (Å²) < 4.78 is 44.7. The zero-order chi connectivity index (χ0) is 15.5. The Labute approximate surface area is 140 Å². The lowest BCUT2D eigenvalue weighted by Gasteiger charge is -2.35. The molecule has 0 spiro atoms. The van der Waals surface area contributed by atoms with Crippen LogP contribution < -0.4 is 10.6 Å². The Hall–Kier alpha value is -0.770. The van der Waals surface area contributed by atoms with Crippen molar-refractivity contribution in [3.8, 4) is 0 Å². The van der Waals surface area contributed by atoms with Gasteiger partial charge in [0.05, 0.1) is 10.7 Å². The van der Waals surface area contributed by atoms with Gasteiger partial charge in [0.25, 0.3) is 5.91 Å². The smallest absolute Gasteiger partial charge is 0.405 e. The van der Waals surface area contributed by atoms with Gasteiger partial charge in [-0.3, -0.25) is 9.69 Å². The first-order valence-corrected chi connectivity index (χ1v) is 7.21. The molecular weight excluding hydrogens is 391 g/mol. The van der Waals surface area contributed by atoms with E-state index >= 15 is 0 Å². The molecule has 1 aliphatic rings. The number of carbonyl (C=O) groups is 1. The van der Waals surface area contributed by atoms with Crippen LogP contribution in [-0.2, 0) is 0 Å². The van der Waals surface area contributed by atoms with E-state index in [4.69, 9.17) is 4.42 Å². The zero-order valence-corrected chi connectivity index (χ0v) is 13.9. The summed E-state index contributed by atoms with van der Waals surface area (Å²) in [5.41, 5.74) is 0. The van der Waals surface area contributed by atoms with E-state index in [0.717, 1.165) is 0 Å². The second kappa shape index (κ2) is 8.19. The van der Waals surface area contributed by atoms with E-state index in [1.165, 1.54) is 17.2 Å². The molecule has 1 unspecified atom stereocenters. The van der Waals surface area contributed by atoms with E-state index in [-0.39, 0.29) is 18.2 Å². The molecule has 0 radical (unpaired) electrons. The summed E-state index contributed by atoms with van der Waals surface area (Å²) in [4.78, 5) is 13.1. The Morgan fingerprint density at radius 3 is 2.59 bits per heavy atom. The first kappa shape index (κ1) is 19.3. The van der Waals surface area contributed by atoms with Gasteiger partial charge in [-0.1, -0.05) is 0 Å². The Morgan fingerprint density at radius 1 is 1.45 bits per heavy atom. The fourth-order valence-electron chi connectivity index (χ4n) is 2.17. The van der Waals surface area contributed by atoms with Crippen LogP contribution in [0.1, 0.15) is 10.6 Å². The molecule has 5 nitrogen and oxygen atoms in total. The molecule has 2 rings (SSSR count). The highest BCUT2D eigenvalue weighted by Gasteiger charge is 2.43. The van der Waals surface area contributed by atoms with E-state index in [1.807, 2.05) is 0 Å². The third kappa shape index (κ3) is 4.87. The van der Waals surface area contributed by atoms with E-state index in [9.17, 15) is 18.0 Å². The topological polar surface area (TPSA) is 57.5 Å². The number of hydrogen-bond donors (Lipinski definition) is 2. The molecule has 2 heterocycles. The van der Waals surface area contributed by atoms with Gasteiger partial charge in [-0.2, -0.15) is 13.2 Å². The highest BCUT2D eigenvalue weighted by Crippen LogP contribution is 2.25. The van der Waals surface area contributed by atoms with Crippen LogP contribution in [0.4, 0.5) is 13.2 Å². The van der Waals surface area contributed by atoms with Gasteiger partial charge in [-0.15, -0.1) is 12.4 Å². The number of furan rings is 1. The fourth-order valence-corrected chi connectivity index (χ4v) is 2.55. The minimum Gasteiger partial charge on any atom is -0.458 e. The molecule has 0 aromatic carbocycles. The standard InChI is InChI=1S/C12H15BrF3N3O2.ClH/c13-8-1-6-21-10(8)11(20)18-7-9(12(14,15)16)19-4-2-17-3-5-19;/h1,6,9,17H,2-5,7H2,(H,18,20);1H.